The highest BCUT2D eigenvalue weighted by Crippen LogP contribution is 2.29. The number of carbonyl (C=O) groups excluding carboxylic acids is 2. The predicted molar refractivity (Wildman–Crippen MR) is 128 cm³/mol. The molecule has 0 aliphatic rings. The van der Waals surface area contributed by atoms with Crippen LogP contribution in [0.25, 0.3) is 0 Å². The number of ether oxygens (including phenoxy) is 3. The molecule has 2 rings (SSSR count). The Morgan fingerprint density at radius 2 is 1.85 bits per heavy atom. The van der Waals surface area contributed by atoms with Gasteiger partial charge >= 0.3 is 11.8 Å². The van der Waals surface area contributed by atoms with Crippen molar-refractivity contribution in [2.45, 2.75) is 33.0 Å². The minimum Gasteiger partial charge on any atom is -0.493 e. The van der Waals surface area contributed by atoms with Crippen LogP contribution < -0.4 is 20.2 Å². The van der Waals surface area contributed by atoms with Gasteiger partial charge in [-0.15, -0.1) is 0 Å². The van der Waals surface area contributed by atoms with Crippen LogP contribution in [0.15, 0.2) is 41.5 Å². The molecule has 0 spiro atoms. The highest BCUT2D eigenvalue weighted by atomic mass is 35.5. The summed E-state index contributed by atoms with van der Waals surface area (Å²) < 4.78 is 16.5. The van der Waals surface area contributed by atoms with E-state index in [1.54, 1.807) is 30.3 Å². The number of benzene rings is 2. The van der Waals surface area contributed by atoms with Gasteiger partial charge in [-0.3, -0.25) is 9.59 Å². The zero-order valence-corrected chi connectivity index (χ0v) is 20.2. The minimum atomic E-state index is -0.857. The zero-order chi connectivity index (χ0) is 24.2. The van der Waals surface area contributed by atoms with Gasteiger partial charge in [0.25, 0.3) is 0 Å². The number of halogens is 2. The topological polar surface area (TPSA) is 98.2 Å². The summed E-state index contributed by atoms with van der Waals surface area (Å²) in [5.41, 5.74) is 3.68. The van der Waals surface area contributed by atoms with Crippen LogP contribution in [0, 0.1) is 0 Å². The number of nitrogens with one attached hydrogen (secondary N) is 2. The van der Waals surface area contributed by atoms with Crippen molar-refractivity contribution in [1.29, 1.82) is 0 Å². The maximum absolute atomic E-state index is 11.8. The summed E-state index contributed by atoms with van der Waals surface area (Å²) in [6, 6.07) is 10.4. The summed E-state index contributed by atoms with van der Waals surface area (Å²) in [7, 11) is 1.51. The highest BCUT2D eigenvalue weighted by Gasteiger charge is 2.12. The van der Waals surface area contributed by atoms with Crippen molar-refractivity contribution in [2.24, 2.45) is 5.10 Å². The third kappa shape index (κ3) is 9.29. The van der Waals surface area contributed by atoms with Crippen LogP contribution in [0.1, 0.15) is 31.4 Å². The molecule has 2 N–H and O–H groups in total. The van der Waals surface area contributed by atoms with Gasteiger partial charge < -0.3 is 19.5 Å². The van der Waals surface area contributed by atoms with E-state index in [2.05, 4.69) is 15.8 Å². The lowest BCUT2D eigenvalue weighted by Gasteiger charge is -2.11. The molecular weight excluding hydrogens is 469 g/mol. The van der Waals surface area contributed by atoms with E-state index in [0.29, 0.717) is 46.7 Å². The molecule has 0 radical (unpaired) electrons. The molecule has 0 saturated heterocycles. The second kappa shape index (κ2) is 13.7. The molecule has 0 aliphatic heterocycles. The van der Waals surface area contributed by atoms with E-state index in [-0.39, 0.29) is 12.7 Å². The Morgan fingerprint density at radius 3 is 2.55 bits per heavy atom. The van der Waals surface area contributed by atoms with E-state index in [1.807, 2.05) is 19.9 Å². The van der Waals surface area contributed by atoms with Gasteiger partial charge in [0.2, 0.25) is 0 Å². The molecule has 0 bridgehead atoms. The molecule has 0 atom stereocenters. The molecule has 0 saturated carbocycles. The second-order valence-electron chi connectivity index (χ2n) is 7.18. The Bertz CT molecular complexity index is 983. The molecular formula is C23H27Cl2N3O5. The van der Waals surface area contributed by atoms with Crippen molar-refractivity contribution in [3.05, 3.63) is 57.6 Å². The quantitative estimate of drug-likeness (QED) is 0.212. The average Bonchev–Trinajstić information content (AvgIpc) is 2.79. The number of hydrazone groups is 1. The molecule has 2 aromatic carbocycles. The predicted octanol–water partition coefficient (Wildman–Crippen LogP) is 3.96. The minimum absolute atomic E-state index is 0.125. The van der Waals surface area contributed by atoms with Crippen LogP contribution >= 0.6 is 23.2 Å². The van der Waals surface area contributed by atoms with Gasteiger partial charge in [0.05, 0.1) is 29.5 Å². The Balaban J connectivity index is 1.84. The highest BCUT2D eigenvalue weighted by molar-refractivity contribution is 6.42. The molecule has 2 amide bonds. The standard InChI is InChI=1S/C23H27Cl2N3O5/c1-15(2)32-10-4-9-26-22(29)23(30)28-27-13-16-6-8-20(21(12-16)31-3)33-14-17-5-7-18(24)19(25)11-17/h5-8,11-13,15H,4,9-10,14H2,1-3H3,(H,26,29)(H,28,30)/b27-13-. The number of methoxy groups -OCH3 is 1. The van der Waals surface area contributed by atoms with Gasteiger partial charge in [0, 0.05) is 13.2 Å². The van der Waals surface area contributed by atoms with Crippen LogP contribution in [0.5, 0.6) is 11.5 Å². The summed E-state index contributed by atoms with van der Waals surface area (Å²) in [5.74, 6) is -0.623. The monoisotopic (exact) mass is 495 g/mol. The molecule has 0 fully saturated rings. The SMILES string of the molecule is COc1cc(/C=N\NC(=O)C(=O)NCCCOC(C)C)ccc1OCc1ccc(Cl)c(Cl)c1. The second-order valence-corrected chi connectivity index (χ2v) is 7.99. The summed E-state index contributed by atoms with van der Waals surface area (Å²) in [6.07, 6.45) is 2.13. The van der Waals surface area contributed by atoms with Crippen molar-refractivity contribution in [3.8, 4) is 11.5 Å². The van der Waals surface area contributed by atoms with E-state index in [0.717, 1.165) is 5.56 Å². The van der Waals surface area contributed by atoms with Crippen LogP contribution in [0.4, 0.5) is 0 Å². The first-order valence-corrected chi connectivity index (χ1v) is 11.0. The van der Waals surface area contributed by atoms with Crippen molar-refractivity contribution >= 4 is 41.2 Å². The van der Waals surface area contributed by atoms with Gasteiger partial charge in [-0.2, -0.15) is 5.10 Å². The summed E-state index contributed by atoms with van der Waals surface area (Å²) in [4.78, 5) is 23.6. The maximum Gasteiger partial charge on any atom is 0.329 e. The summed E-state index contributed by atoms with van der Waals surface area (Å²) in [6.45, 7) is 4.97. The van der Waals surface area contributed by atoms with Crippen LogP contribution in [0.3, 0.4) is 0 Å². The lowest BCUT2D eigenvalue weighted by molar-refractivity contribution is -0.139. The van der Waals surface area contributed by atoms with E-state index in [9.17, 15) is 9.59 Å². The normalized spacial score (nSPS) is 11.0. The van der Waals surface area contributed by atoms with Gasteiger partial charge in [-0.05, 0) is 61.7 Å². The molecule has 0 aromatic heterocycles. The summed E-state index contributed by atoms with van der Waals surface area (Å²) >= 11 is 12.0. The molecule has 2 aromatic rings. The van der Waals surface area contributed by atoms with Crippen molar-refractivity contribution < 1.29 is 23.8 Å². The molecule has 0 unspecified atom stereocenters. The zero-order valence-electron chi connectivity index (χ0n) is 18.7. The smallest absolute Gasteiger partial charge is 0.329 e. The Morgan fingerprint density at radius 1 is 1.06 bits per heavy atom. The number of carbonyl (C=O) groups is 2. The van der Waals surface area contributed by atoms with Crippen molar-refractivity contribution in [1.82, 2.24) is 10.7 Å². The molecule has 178 valence electrons. The third-order valence-corrected chi connectivity index (χ3v) is 4.95. The fourth-order valence-corrected chi connectivity index (χ4v) is 2.88. The first-order valence-electron chi connectivity index (χ1n) is 10.3. The molecule has 33 heavy (non-hydrogen) atoms. The van der Waals surface area contributed by atoms with Crippen LogP contribution in [-0.2, 0) is 20.9 Å². The molecule has 0 aliphatic carbocycles. The number of nitrogens with zero attached hydrogens (tertiary/aromatic N) is 1. The van der Waals surface area contributed by atoms with Crippen LogP contribution in [-0.4, -0.2) is 44.4 Å². The first-order chi connectivity index (χ1) is 15.8. The van der Waals surface area contributed by atoms with Gasteiger partial charge in [0.15, 0.2) is 11.5 Å². The van der Waals surface area contributed by atoms with E-state index >= 15 is 0 Å². The van der Waals surface area contributed by atoms with Crippen molar-refractivity contribution in [2.75, 3.05) is 20.3 Å². The Kier molecular flexibility index (Phi) is 11.0. The van der Waals surface area contributed by atoms with Gasteiger partial charge in [-0.1, -0.05) is 29.3 Å². The van der Waals surface area contributed by atoms with Gasteiger partial charge in [0.1, 0.15) is 6.61 Å². The number of rotatable bonds is 11. The van der Waals surface area contributed by atoms with Gasteiger partial charge in [-0.25, -0.2) is 5.43 Å². The average molecular weight is 496 g/mol. The lowest BCUT2D eigenvalue weighted by atomic mass is 10.2. The number of amides is 2. The largest absolute Gasteiger partial charge is 0.493 e. The fourth-order valence-electron chi connectivity index (χ4n) is 2.56. The lowest BCUT2D eigenvalue weighted by Crippen LogP contribution is -2.38. The Hall–Kier alpha value is -2.81. The van der Waals surface area contributed by atoms with Crippen LogP contribution in [0.2, 0.25) is 10.0 Å². The number of hydrogen-bond acceptors (Lipinski definition) is 6. The molecule has 8 nitrogen and oxygen atoms in total. The van der Waals surface area contributed by atoms with E-state index in [1.165, 1.54) is 13.3 Å². The molecule has 10 heteroatoms. The summed E-state index contributed by atoms with van der Waals surface area (Å²) in [5, 5.41) is 7.25. The van der Waals surface area contributed by atoms with E-state index in [4.69, 9.17) is 37.4 Å². The van der Waals surface area contributed by atoms with E-state index < -0.39 is 11.8 Å². The number of hydrogen-bond donors (Lipinski definition) is 2. The fraction of sp³-hybridized carbons (Fsp3) is 0.348. The van der Waals surface area contributed by atoms with Crippen molar-refractivity contribution in [3.63, 3.8) is 0 Å². The Labute approximate surface area is 203 Å². The third-order valence-electron chi connectivity index (χ3n) is 4.21. The molecule has 0 heterocycles. The first kappa shape index (κ1) is 26.4. The maximum atomic E-state index is 11.8.